The quantitative estimate of drug-likeness (QED) is 0.708. The number of aliphatic hydroxyl groups is 1. The molecule has 0 spiro atoms. The van der Waals surface area contributed by atoms with E-state index in [0.29, 0.717) is 16.6 Å². The lowest BCUT2D eigenvalue weighted by Gasteiger charge is -2.19. The predicted molar refractivity (Wildman–Crippen MR) is 73.7 cm³/mol. The van der Waals surface area contributed by atoms with Gasteiger partial charge >= 0.3 is 11.1 Å². The van der Waals surface area contributed by atoms with Gasteiger partial charge in [-0.15, -0.1) is 0 Å². The van der Waals surface area contributed by atoms with E-state index < -0.39 is 17.2 Å². The molecule has 1 aliphatic heterocycles. The number of aromatic amines is 2. The first kappa shape index (κ1) is 13.1. The molecule has 3 atom stereocenters. The van der Waals surface area contributed by atoms with Gasteiger partial charge in [0.25, 0.3) is 0 Å². The van der Waals surface area contributed by atoms with E-state index in [1.807, 2.05) is 6.92 Å². The van der Waals surface area contributed by atoms with Gasteiger partial charge < -0.3 is 19.8 Å². The number of fused-ring (bicyclic) bond motifs is 1. The van der Waals surface area contributed by atoms with Gasteiger partial charge in [0, 0.05) is 0 Å². The van der Waals surface area contributed by atoms with Crippen LogP contribution in [0.2, 0.25) is 0 Å². The van der Waals surface area contributed by atoms with Gasteiger partial charge in [-0.1, -0.05) is 6.07 Å². The first-order chi connectivity index (χ1) is 9.54. The summed E-state index contributed by atoms with van der Waals surface area (Å²) in [4.78, 5) is 27.5. The van der Waals surface area contributed by atoms with Crippen molar-refractivity contribution in [2.45, 2.75) is 38.1 Å². The van der Waals surface area contributed by atoms with Crippen molar-refractivity contribution in [1.82, 2.24) is 9.97 Å². The van der Waals surface area contributed by atoms with E-state index >= 15 is 0 Å². The van der Waals surface area contributed by atoms with Crippen LogP contribution >= 0.6 is 0 Å². The largest absolute Gasteiger partial charge is 0.386 e. The molecule has 106 valence electrons. The summed E-state index contributed by atoms with van der Waals surface area (Å²) >= 11 is 0. The van der Waals surface area contributed by atoms with E-state index in [9.17, 15) is 14.7 Å². The van der Waals surface area contributed by atoms with E-state index in [2.05, 4.69) is 9.97 Å². The Morgan fingerprint density at radius 3 is 2.55 bits per heavy atom. The van der Waals surface area contributed by atoms with Crippen molar-refractivity contribution in [2.75, 3.05) is 0 Å². The number of aromatic nitrogens is 2. The number of hydrogen-bond acceptors (Lipinski definition) is 4. The predicted octanol–water partition coefficient (Wildman–Crippen LogP) is 0.817. The van der Waals surface area contributed by atoms with Crippen molar-refractivity contribution in [2.24, 2.45) is 0 Å². The summed E-state index contributed by atoms with van der Waals surface area (Å²) in [7, 11) is 0. The van der Waals surface area contributed by atoms with Crippen molar-refractivity contribution in [3.63, 3.8) is 0 Å². The Kier molecular flexibility index (Phi) is 3.19. The van der Waals surface area contributed by atoms with Crippen molar-refractivity contribution in [1.29, 1.82) is 0 Å². The number of aliphatic hydroxyl groups excluding tert-OH is 1. The molecule has 2 heterocycles. The minimum atomic E-state index is -0.736. The van der Waals surface area contributed by atoms with Crippen LogP contribution in [0.25, 0.3) is 11.0 Å². The van der Waals surface area contributed by atoms with Gasteiger partial charge in [-0.3, -0.25) is 9.59 Å². The maximum absolute atomic E-state index is 11.3. The summed E-state index contributed by atoms with van der Waals surface area (Å²) in [5.41, 5.74) is 0.316. The van der Waals surface area contributed by atoms with Crippen LogP contribution in [0, 0.1) is 0 Å². The molecule has 0 bridgehead atoms. The van der Waals surface area contributed by atoms with Crippen LogP contribution in [0.1, 0.15) is 31.4 Å². The molecule has 1 aliphatic rings. The molecule has 2 aromatic rings. The number of hydrogen-bond donors (Lipinski definition) is 3. The van der Waals surface area contributed by atoms with Gasteiger partial charge in [-0.2, -0.15) is 0 Å². The van der Waals surface area contributed by atoms with E-state index in [-0.39, 0.29) is 12.2 Å². The Morgan fingerprint density at radius 2 is 1.90 bits per heavy atom. The lowest BCUT2D eigenvalue weighted by Crippen LogP contribution is -2.29. The zero-order valence-electron chi connectivity index (χ0n) is 11.1. The highest BCUT2D eigenvalue weighted by molar-refractivity contribution is 5.74. The minimum Gasteiger partial charge on any atom is -0.386 e. The van der Waals surface area contributed by atoms with Crippen LogP contribution in [0.5, 0.6) is 0 Å². The Bertz CT molecular complexity index is 749. The van der Waals surface area contributed by atoms with Crippen molar-refractivity contribution >= 4 is 11.0 Å². The van der Waals surface area contributed by atoms with Crippen molar-refractivity contribution in [3.05, 3.63) is 44.5 Å². The van der Waals surface area contributed by atoms with E-state index in [0.717, 1.165) is 12.8 Å². The molecule has 1 aromatic carbocycles. The third-order valence-electron chi connectivity index (χ3n) is 3.70. The van der Waals surface area contributed by atoms with Gasteiger partial charge in [0.05, 0.1) is 23.2 Å². The first-order valence-electron chi connectivity index (χ1n) is 6.64. The second-order valence-electron chi connectivity index (χ2n) is 5.22. The van der Waals surface area contributed by atoms with Crippen LogP contribution in [-0.4, -0.2) is 27.3 Å². The SMILES string of the molecule is CC1CCC(C(O)c2ccc3[nH]c(=O)c(=O)[nH]c3c2)O1. The molecule has 0 saturated carbocycles. The molecule has 6 heteroatoms. The summed E-state index contributed by atoms with van der Waals surface area (Å²) in [6, 6.07) is 5.07. The summed E-state index contributed by atoms with van der Waals surface area (Å²) in [5, 5.41) is 10.3. The van der Waals surface area contributed by atoms with E-state index in [4.69, 9.17) is 4.74 Å². The summed E-state index contributed by atoms with van der Waals surface area (Å²) in [5.74, 6) is 0. The molecule has 0 radical (unpaired) electrons. The van der Waals surface area contributed by atoms with Crippen LogP contribution < -0.4 is 11.1 Å². The molecule has 1 aromatic heterocycles. The maximum atomic E-state index is 11.3. The standard InChI is InChI=1S/C14H16N2O4/c1-7-2-5-11(20-7)12(17)8-3-4-9-10(6-8)16-14(19)13(18)15-9/h3-4,6-7,11-12,17H,2,5H2,1H3,(H,15,18)(H,16,19). The Hall–Kier alpha value is -1.92. The third-order valence-corrected chi connectivity index (χ3v) is 3.70. The molecular formula is C14H16N2O4. The van der Waals surface area contributed by atoms with Crippen LogP contribution in [0.4, 0.5) is 0 Å². The second kappa shape index (κ2) is 4.88. The topological polar surface area (TPSA) is 95.2 Å². The number of ether oxygens (including phenoxy) is 1. The fourth-order valence-corrected chi connectivity index (χ4v) is 2.60. The van der Waals surface area contributed by atoms with E-state index in [1.165, 1.54) is 0 Å². The highest BCUT2D eigenvalue weighted by Crippen LogP contribution is 2.30. The van der Waals surface area contributed by atoms with Crippen LogP contribution in [0.15, 0.2) is 27.8 Å². The molecule has 1 fully saturated rings. The zero-order valence-corrected chi connectivity index (χ0v) is 11.1. The molecule has 20 heavy (non-hydrogen) atoms. The van der Waals surface area contributed by atoms with Crippen LogP contribution in [-0.2, 0) is 4.74 Å². The molecule has 1 saturated heterocycles. The Morgan fingerprint density at radius 1 is 1.20 bits per heavy atom. The van der Waals surface area contributed by atoms with Gasteiger partial charge in [-0.05, 0) is 37.5 Å². The Balaban J connectivity index is 1.98. The van der Waals surface area contributed by atoms with E-state index in [1.54, 1.807) is 18.2 Å². The summed E-state index contributed by atoms with van der Waals surface area (Å²) in [6.45, 7) is 1.98. The first-order valence-corrected chi connectivity index (χ1v) is 6.64. The average molecular weight is 276 g/mol. The number of H-pyrrole nitrogens is 2. The van der Waals surface area contributed by atoms with Crippen molar-refractivity contribution in [3.8, 4) is 0 Å². The van der Waals surface area contributed by atoms with Crippen LogP contribution in [0.3, 0.4) is 0 Å². The molecule has 0 amide bonds. The second-order valence-corrected chi connectivity index (χ2v) is 5.22. The van der Waals surface area contributed by atoms with Gasteiger partial charge in [-0.25, -0.2) is 0 Å². The molecular weight excluding hydrogens is 260 g/mol. The molecule has 3 rings (SSSR count). The van der Waals surface area contributed by atoms with Gasteiger partial charge in [0.15, 0.2) is 0 Å². The summed E-state index contributed by atoms with van der Waals surface area (Å²) < 4.78 is 5.65. The van der Waals surface area contributed by atoms with Crippen molar-refractivity contribution < 1.29 is 9.84 Å². The number of rotatable bonds is 2. The zero-order chi connectivity index (χ0) is 14.3. The summed E-state index contributed by atoms with van der Waals surface area (Å²) in [6.07, 6.45) is 0.935. The average Bonchev–Trinajstić information content (AvgIpc) is 2.85. The lowest BCUT2D eigenvalue weighted by molar-refractivity contribution is -0.0297. The molecule has 3 N–H and O–H groups in total. The van der Waals surface area contributed by atoms with Gasteiger partial charge in [0.1, 0.15) is 6.10 Å². The maximum Gasteiger partial charge on any atom is 0.314 e. The highest BCUT2D eigenvalue weighted by atomic mass is 16.5. The Labute approximate surface area is 114 Å². The highest BCUT2D eigenvalue weighted by Gasteiger charge is 2.29. The third kappa shape index (κ3) is 2.28. The fourth-order valence-electron chi connectivity index (χ4n) is 2.60. The molecule has 6 nitrogen and oxygen atoms in total. The van der Waals surface area contributed by atoms with Gasteiger partial charge in [0.2, 0.25) is 0 Å². The normalized spacial score (nSPS) is 24.1. The molecule has 3 unspecified atom stereocenters. The monoisotopic (exact) mass is 276 g/mol. The fraction of sp³-hybridized carbons (Fsp3) is 0.429. The lowest BCUT2D eigenvalue weighted by atomic mass is 10.0. The smallest absolute Gasteiger partial charge is 0.314 e. The number of nitrogens with one attached hydrogen (secondary N) is 2. The number of benzene rings is 1. The minimum absolute atomic E-state index is 0.159. The molecule has 0 aliphatic carbocycles.